The van der Waals surface area contributed by atoms with Gasteiger partial charge in [0.15, 0.2) is 9.84 Å². The first kappa shape index (κ1) is 14.2. The van der Waals surface area contributed by atoms with Gasteiger partial charge < -0.3 is 4.57 Å². The Morgan fingerprint density at radius 3 is 2.45 bits per heavy atom. The quantitative estimate of drug-likeness (QED) is 0.616. The van der Waals surface area contributed by atoms with Crippen molar-refractivity contribution in [2.75, 3.05) is 5.75 Å². The zero-order valence-electron chi connectivity index (χ0n) is 10.8. The second-order valence-corrected chi connectivity index (χ2v) is 6.35. The van der Waals surface area contributed by atoms with Gasteiger partial charge in [0.1, 0.15) is 5.82 Å². The molecular weight excluding hydrogens is 282 g/mol. The van der Waals surface area contributed by atoms with Crippen molar-refractivity contribution in [2.45, 2.75) is 18.4 Å². The lowest BCUT2D eigenvalue weighted by Crippen LogP contribution is -2.13. The summed E-state index contributed by atoms with van der Waals surface area (Å²) in [6, 6.07) is 4.90. The molecule has 0 amide bonds. The third-order valence-corrected chi connectivity index (χ3v) is 4.64. The van der Waals surface area contributed by atoms with Gasteiger partial charge in [-0.05, 0) is 19.1 Å². The molecule has 1 aromatic carbocycles. The van der Waals surface area contributed by atoms with Crippen molar-refractivity contribution < 1.29 is 13.3 Å². The van der Waals surface area contributed by atoms with Crippen molar-refractivity contribution in [3.8, 4) is 0 Å². The molecule has 2 rings (SSSR count). The minimum absolute atomic E-state index is 0.0813. The molecule has 0 radical (unpaired) electrons. The van der Waals surface area contributed by atoms with Crippen LogP contribution in [0.4, 0.5) is 5.69 Å². The minimum atomic E-state index is -3.47. The number of nitrogens with zero attached hydrogens (tertiary/aromatic N) is 3. The Hall–Kier alpha value is -2.22. The van der Waals surface area contributed by atoms with Gasteiger partial charge in [-0.3, -0.25) is 10.1 Å². The molecule has 0 spiro atoms. The molecule has 0 N–H and O–H groups in total. The van der Waals surface area contributed by atoms with Crippen LogP contribution in [0.2, 0.25) is 0 Å². The highest BCUT2D eigenvalue weighted by atomic mass is 32.2. The van der Waals surface area contributed by atoms with E-state index in [2.05, 4.69) is 4.98 Å². The summed E-state index contributed by atoms with van der Waals surface area (Å²) in [6.07, 6.45) is 3.31. The van der Waals surface area contributed by atoms with E-state index >= 15 is 0 Å². The molecule has 106 valence electrons. The SMILES string of the molecule is Cc1nccn1CCS(=O)(=O)c1ccc([N+](=O)[O-])cc1. The van der Waals surface area contributed by atoms with Gasteiger partial charge >= 0.3 is 0 Å². The van der Waals surface area contributed by atoms with E-state index in [1.807, 2.05) is 0 Å². The fourth-order valence-corrected chi connectivity index (χ4v) is 2.98. The summed E-state index contributed by atoms with van der Waals surface area (Å²) < 4.78 is 26.0. The van der Waals surface area contributed by atoms with Gasteiger partial charge in [-0.1, -0.05) is 0 Å². The largest absolute Gasteiger partial charge is 0.334 e. The Bertz CT molecular complexity index is 719. The second kappa shape index (κ2) is 5.41. The van der Waals surface area contributed by atoms with Gasteiger partial charge in [0.05, 0.1) is 15.6 Å². The molecule has 0 saturated carbocycles. The van der Waals surface area contributed by atoms with Crippen LogP contribution in [-0.2, 0) is 16.4 Å². The highest BCUT2D eigenvalue weighted by Gasteiger charge is 2.16. The zero-order valence-corrected chi connectivity index (χ0v) is 11.6. The van der Waals surface area contributed by atoms with E-state index in [0.717, 1.165) is 5.82 Å². The fourth-order valence-electron chi connectivity index (χ4n) is 1.75. The second-order valence-electron chi connectivity index (χ2n) is 4.24. The number of rotatable bonds is 5. The summed E-state index contributed by atoms with van der Waals surface area (Å²) in [6.45, 7) is 2.09. The Labute approximate surface area is 116 Å². The molecule has 0 aliphatic heterocycles. The zero-order chi connectivity index (χ0) is 14.8. The average Bonchev–Trinajstić information content (AvgIpc) is 2.82. The van der Waals surface area contributed by atoms with Gasteiger partial charge in [0, 0.05) is 31.1 Å². The molecule has 0 saturated heterocycles. The van der Waals surface area contributed by atoms with Crippen molar-refractivity contribution in [3.63, 3.8) is 0 Å². The lowest BCUT2D eigenvalue weighted by Gasteiger charge is -2.06. The third-order valence-electron chi connectivity index (χ3n) is 2.93. The highest BCUT2D eigenvalue weighted by Crippen LogP contribution is 2.17. The van der Waals surface area contributed by atoms with Crippen molar-refractivity contribution in [3.05, 3.63) is 52.6 Å². The topological polar surface area (TPSA) is 95.1 Å². The summed E-state index contributed by atoms with van der Waals surface area (Å²) in [5.41, 5.74) is -0.130. The van der Waals surface area contributed by atoms with Gasteiger partial charge in [-0.25, -0.2) is 13.4 Å². The Kier molecular flexibility index (Phi) is 3.84. The molecule has 0 aliphatic rings. The van der Waals surface area contributed by atoms with Crippen LogP contribution in [0, 0.1) is 17.0 Å². The number of non-ortho nitro benzene ring substituents is 1. The number of hydrogen-bond donors (Lipinski definition) is 0. The molecule has 1 heterocycles. The number of imidazole rings is 1. The molecule has 8 heteroatoms. The van der Waals surface area contributed by atoms with E-state index in [0.29, 0.717) is 6.54 Å². The van der Waals surface area contributed by atoms with Crippen LogP contribution in [0.25, 0.3) is 0 Å². The summed E-state index contributed by atoms with van der Waals surface area (Å²) in [5.74, 6) is 0.658. The maximum absolute atomic E-state index is 12.1. The maximum Gasteiger partial charge on any atom is 0.269 e. The number of hydrogen-bond acceptors (Lipinski definition) is 5. The van der Waals surface area contributed by atoms with Crippen LogP contribution in [0.3, 0.4) is 0 Å². The number of benzene rings is 1. The van der Waals surface area contributed by atoms with Crippen LogP contribution in [0.5, 0.6) is 0 Å². The smallest absolute Gasteiger partial charge is 0.269 e. The normalized spacial score (nSPS) is 11.4. The van der Waals surface area contributed by atoms with Gasteiger partial charge in [-0.2, -0.15) is 0 Å². The van der Waals surface area contributed by atoms with Crippen LogP contribution < -0.4 is 0 Å². The predicted molar refractivity (Wildman–Crippen MR) is 72.1 cm³/mol. The standard InChI is InChI=1S/C12H13N3O4S/c1-10-13-6-7-14(10)8-9-20(18,19)12-4-2-11(3-5-12)15(16)17/h2-7H,8-9H2,1H3. The first-order valence-electron chi connectivity index (χ1n) is 5.85. The maximum atomic E-state index is 12.1. The molecule has 0 unspecified atom stereocenters. The van der Waals surface area contributed by atoms with Gasteiger partial charge in [-0.15, -0.1) is 0 Å². The average molecular weight is 295 g/mol. The molecule has 1 aromatic heterocycles. The van der Waals surface area contributed by atoms with Crippen molar-refractivity contribution >= 4 is 15.5 Å². The van der Waals surface area contributed by atoms with Crippen LogP contribution in [0.15, 0.2) is 41.6 Å². The summed E-state index contributed by atoms with van der Waals surface area (Å²) in [4.78, 5) is 14.1. The van der Waals surface area contributed by atoms with E-state index in [4.69, 9.17) is 0 Å². The minimum Gasteiger partial charge on any atom is -0.334 e. The summed E-state index contributed by atoms with van der Waals surface area (Å²) >= 11 is 0. The van der Waals surface area contributed by atoms with E-state index in [9.17, 15) is 18.5 Å². The fraction of sp³-hybridized carbons (Fsp3) is 0.250. The lowest BCUT2D eigenvalue weighted by molar-refractivity contribution is -0.384. The van der Waals surface area contributed by atoms with Gasteiger partial charge in [0.2, 0.25) is 0 Å². The number of aromatic nitrogens is 2. The third kappa shape index (κ3) is 3.02. The summed E-state index contributed by atoms with van der Waals surface area (Å²) in [7, 11) is -3.47. The van der Waals surface area contributed by atoms with Gasteiger partial charge in [0.25, 0.3) is 5.69 Å². The predicted octanol–water partition coefficient (Wildman–Crippen LogP) is 1.57. The first-order chi connectivity index (χ1) is 9.40. The van der Waals surface area contributed by atoms with Crippen LogP contribution in [-0.4, -0.2) is 28.6 Å². The monoisotopic (exact) mass is 295 g/mol. The van der Waals surface area contributed by atoms with Crippen LogP contribution >= 0.6 is 0 Å². The number of sulfone groups is 1. The molecular formula is C12H13N3O4S. The Balaban J connectivity index is 2.14. The van der Waals surface area contributed by atoms with E-state index in [1.54, 1.807) is 23.9 Å². The molecule has 7 nitrogen and oxygen atoms in total. The number of nitro groups is 1. The Morgan fingerprint density at radius 1 is 1.30 bits per heavy atom. The highest BCUT2D eigenvalue weighted by molar-refractivity contribution is 7.91. The van der Waals surface area contributed by atoms with Crippen molar-refractivity contribution in [1.29, 1.82) is 0 Å². The number of nitro benzene ring substituents is 1. The van der Waals surface area contributed by atoms with Crippen molar-refractivity contribution in [1.82, 2.24) is 9.55 Å². The molecule has 0 aliphatic carbocycles. The summed E-state index contributed by atoms with van der Waals surface area (Å²) in [5, 5.41) is 10.5. The first-order valence-corrected chi connectivity index (χ1v) is 7.50. The van der Waals surface area contributed by atoms with E-state index in [-0.39, 0.29) is 16.3 Å². The van der Waals surface area contributed by atoms with Crippen LogP contribution in [0.1, 0.15) is 5.82 Å². The molecule has 0 bridgehead atoms. The van der Waals surface area contributed by atoms with E-state index in [1.165, 1.54) is 24.3 Å². The lowest BCUT2D eigenvalue weighted by atomic mass is 10.3. The molecule has 0 fully saturated rings. The molecule has 20 heavy (non-hydrogen) atoms. The van der Waals surface area contributed by atoms with Crippen molar-refractivity contribution in [2.24, 2.45) is 0 Å². The molecule has 2 aromatic rings. The Morgan fingerprint density at radius 2 is 1.95 bits per heavy atom. The number of aryl methyl sites for hydroxylation is 2. The van der Waals surface area contributed by atoms with E-state index < -0.39 is 14.8 Å². The molecule has 0 atom stereocenters.